The van der Waals surface area contributed by atoms with Crippen LogP contribution >= 0.6 is 11.8 Å². The highest BCUT2D eigenvalue weighted by Gasteiger charge is 2.27. The molecule has 0 unspecified atom stereocenters. The number of ether oxygens (including phenoxy) is 1. The van der Waals surface area contributed by atoms with Crippen LogP contribution in [0.25, 0.3) is 0 Å². The minimum atomic E-state index is -0.409. The number of esters is 1. The van der Waals surface area contributed by atoms with Crippen LogP contribution in [0.2, 0.25) is 0 Å². The highest BCUT2D eigenvalue weighted by Crippen LogP contribution is 2.42. The second-order valence-corrected chi connectivity index (χ2v) is 5.01. The molecule has 3 rings (SSSR count). The van der Waals surface area contributed by atoms with Gasteiger partial charge < -0.3 is 4.74 Å². The summed E-state index contributed by atoms with van der Waals surface area (Å²) in [5.74, 6) is -0.634. The Morgan fingerprint density at radius 1 is 1.06 bits per heavy atom. The number of carbonyl (C=O) groups excluding carboxylic acids is 1. The van der Waals surface area contributed by atoms with E-state index in [2.05, 4.69) is 0 Å². The molecular formula is C14H9FO2S. The largest absolute Gasteiger partial charge is 0.442 e. The second-order valence-electron chi connectivity index (χ2n) is 3.90. The number of hydrogen-bond acceptors (Lipinski definition) is 3. The van der Waals surface area contributed by atoms with Gasteiger partial charge in [0.15, 0.2) is 5.44 Å². The monoisotopic (exact) mass is 260 g/mol. The first kappa shape index (κ1) is 11.3. The predicted molar refractivity (Wildman–Crippen MR) is 66.9 cm³/mol. The van der Waals surface area contributed by atoms with Crippen LogP contribution in [-0.4, -0.2) is 5.97 Å². The van der Waals surface area contributed by atoms with E-state index in [1.807, 2.05) is 12.1 Å². The molecule has 2 aromatic carbocycles. The van der Waals surface area contributed by atoms with Crippen molar-refractivity contribution in [1.29, 1.82) is 0 Å². The summed E-state index contributed by atoms with van der Waals surface area (Å²) in [7, 11) is 0. The van der Waals surface area contributed by atoms with Gasteiger partial charge in [-0.2, -0.15) is 0 Å². The lowest BCUT2D eigenvalue weighted by molar-refractivity contribution is 0.0440. The summed E-state index contributed by atoms with van der Waals surface area (Å²) in [4.78, 5) is 12.7. The first-order chi connectivity index (χ1) is 8.74. The Balaban J connectivity index is 1.94. The van der Waals surface area contributed by atoms with Crippen molar-refractivity contribution in [3.05, 3.63) is 65.5 Å². The van der Waals surface area contributed by atoms with Crippen molar-refractivity contribution in [3.63, 3.8) is 0 Å². The SMILES string of the molecule is O=C1O[C@H](c2ccc(F)cc2)Sc2ccccc21. The molecule has 1 atom stereocenters. The third-order valence-electron chi connectivity index (χ3n) is 2.70. The quantitative estimate of drug-likeness (QED) is 0.730. The lowest BCUT2D eigenvalue weighted by Gasteiger charge is -2.24. The van der Waals surface area contributed by atoms with Crippen LogP contribution in [0, 0.1) is 5.82 Å². The van der Waals surface area contributed by atoms with Crippen molar-refractivity contribution in [1.82, 2.24) is 0 Å². The van der Waals surface area contributed by atoms with Crippen LogP contribution in [0.1, 0.15) is 21.4 Å². The van der Waals surface area contributed by atoms with E-state index in [-0.39, 0.29) is 11.8 Å². The van der Waals surface area contributed by atoms with Gasteiger partial charge in [0.25, 0.3) is 0 Å². The zero-order valence-corrected chi connectivity index (χ0v) is 10.1. The van der Waals surface area contributed by atoms with Crippen molar-refractivity contribution < 1.29 is 13.9 Å². The topological polar surface area (TPSA) is 26.3 Å². The molecule has 0 bridgehead atoms. The molecule has 0 N–H and O–H groups in total. The van der Waals surface area contributed by atoms with E-state index in [1.54, 1.807) is 24.3 Å². The van der Waals surface area contributed by atoms with E-state index < -0.39 is 5.44 Å². The third kappa shape index (κ3) is 1.99. The van der Waals surface area contributed by atoms with Crippen LogP contribution in [0.3, 0.4) is 0 Å². The highest BCUT2D eigenvalue weighted by molar-refractivity contribution is 7.99. The first-order valence-corrected chi connectivity index (χ1v) is 6.34. The van der Waals surface area contributed by atoms with Crippen LogP contribution in [0.4, 0.5) is 4.39 Å². The molecule has 0 saturated heterocycles. The number of hydrogen-bond donors (Lipinski definition) is 0. The van der Waals surface area contributed by atoms with Gasteiger partial charge in [-0.1, -0.05) is 36.0 Å². The zero-order chi connectivity index (χ0) is 12.5. The van der Waals surface area contributed by atoms with Gasteiger partial charge in [0.05, 0.1) is 5.56 Å². The molecule has 0 saturated carbocycles. The van der Waals surface area contributed by atoms with Gasteiger partial charge in [-0.25, -0.2) is 9.18 Å². The number of benzene rings is 2. The van der Waals surface area contributed by atoms with Gasteiger partial charge in [0, 0.05) is 10.5 Å². The van der Waals surface area contributed by atoms with Gasteiger partial charge in [-0.15, -0.1) is 0 Å². The molecule has 0 aromatic heterocycles. The molecule has 2 aromatic rings. The number of rotatable bonds is 1. The van der Waals surface area contributed by atoms with Gasteiger partial charge >= 0.3 is 5.97 Å². The Kier molecular flexibility index (Phi) is 2.80. The first-order valence-electron chi connectivity index (χ1n) is 5.46. The Bertz CT molecular complexity index is 595. The fourth-order valence-electron chi connectivity index (χ4n) is 1.79. The minimum absolute atomic E-state index is 0.300. The number of thioether (sulfide) groups is 1. The Hall–Kier alpha value is -1.81. The molecule has 2 nitrogen and oxygen atoms in total. The summed E-state index contributed by atoms with van der Waals surface area (Å²) in [6, 6.07) is 13.3. The average molecular weight is 260 g/mol. The van der Waals surface area contributed by atoms with E-state index >= 15 is 0 Å². The van der Waals surface area contributed by atoms with Crippen molar-refractivity contribution in [2.24, 2.45) is 0 Å². The number of cyclic esters (lactones) is 1. The van der Waals surface area contributed by atoms with Gasteiger partial charge in [0.2, 0.25) is 0 Å². The average Bonchev–Trinajstić information content (AvgIpc) is 2.39. The van der Waals surface area contributed by atoms with Crippen molar-refractivity contribution in [3.8, 4) is 0 Å². The Morgan fingerprint density at radius 3 is 2.56 bits per heavy atom. The highest BCUT2D eigenvalue weighted by atomic mass is 32.2. The fraction of sp³-hybridized carbons (Fsp3) is 0.0714. The van der Waals surface area contributed by atoms with Crippen LogP contribution in [0.5, 0.6) is 0 Å². The number of carbonyl (C=O) groups is 1. The molecule has 0 fully saturated rings. The number of halogens is 1. The summed E-state index contributed by atoms with van der Waals surface area (Å²) in [6.45, 7) is 0. The van der Waals surface area contributed by atoms with E-state index in [4.69, 9.17) is 4.74 Å². The molecule has 1 aliphatic rings. The van der Waals surface area contributed by atoms with Crippen LogP contribution in [-0.2, 0) is 4.74 Å². The maximum Gasteiger partial charge on any atom is 0.340 e. The molecule has 0 spiro atoms. The summed E-state index contributed by atoms with van der Waals surface area (Å²) >= 11 is 1.45. The normalized spacial score (nSPS) is 18.1. The lowest BCUT2D eigenvalue weighted by atomic mass is 10.2. The third-order valence-corrected chi connectivity index (χ3v) is 3.89. The molecule has 0 radical (unpaired) electrons. The van der Waals surface area contributed by atoms with Gasteiger partial charge in [-0.3, -0.25) is 0 Å². The smallest absolute Gasteiger partial charge is 0.340 e. The molecule has 18 heavy (non-hydrogen) atoms. The molecule has 0 aliphatic carbocycles. The van der Waals surface area contributed by atoms with Crippen molar-refractivity contribution >= 4 is 17.7 Å². The maximum atomic E-state index is 12.9. The standard InChI is InChI=1S/C14H9FO2S/c15-10-7-5-9(6-8-10)14-17-13(16)11-3-1-2-4-12(11)18-14/h1-8,14H/t14-/m0/s1. The molecule has 4 heteroatoms. The number of fused-ring (bicyclic) bond motifs is 1. The zero-order valence-electron chi connectivity index (χ0n) is 9.30. The minimum Gasteiger partial charge on any atom is -0.442 e. The summed E-state index contributed by atoms with van der Waals surface area (Å²) in [5.41, 5.74) is 0.957. The summed E-state index contributed by atoms with van der Waals surface area (Å²) in [6.07, 6.45) is 0. The fourth-order valence-corrected chi connectivity index (χ4v) is 2.89. The van der Waals surface area contributed by atoms with Crippen LogP contribution in [0.15, 0.2) is 53.4 Å². The second kappa shape index (κ2) is 4.46. The lowest BCUT2D eigenvalue weighted by Crippen LogP contribution is -2.15. The van der Waals surface area contributed by atoms with E-state index in [0.29, 0.717) is 5.56 Å². The van der Waals surface area contributed by atoms with E-state index in [1.165, 1.54) is 23.9 Å². The van der Waals surface area contributed by atoms with E-state index in [0.717, 1.165) is 10.5 Å². The molecule has 1 aliphatic heterocycles. The molecule has 0 amide bonds. The maximum absolute atomic E-state index is 12.9. The Labute approximate surface area is 108 Å². The molecule has 90 valence electrons. The summed E-state index contributed by atoms with van der Waals surface area (Å²) in [5, 5.41) is 0. The molecular weight excluding hydrogens is 251 g/mol. The summed E-state index contributed by atoms with van der Waals surface area (Å²) < 4.78 is 18.2. The predicted octanol–water partition coefficient (Wildman–Crippen LogP) is 3.79. The van der Waals surface area contributed by atoms with Gasteiger partial charge in [0.1, 0.15) is 5.82 Å². The van der Waals surface area contributed by atoms with Gasteiger partial charge in [-0.05, 0) is 24.3 Å². The Morgan fingerprint density at radius 2 is 1.78 bits per heavy atom. The van der Waals surface area contributed by atoms with Crippen LogP contribution < -0.4 is 0 Å². The van der Waals surface area contributed by atoms with Crippen molar-refractivity contribution in [2.75, 3.05) is 0 Å². The molecule has 1 heterocycles. The van der Waals surface area contributed by atoms with Crippen molar-refractivity contribution in [2.45, 2.75) is 10.3 Å². The van der Waals surface area contributed by atoms with E-state index in [9.17, 15) is 9.18 Å².